The van der Waals surface area contributed by atoms with E-state index in [-0.39, 0.29) is 20.6 Å². The third kappa shape index (κ3) is 4.23. The molecule has 0 aliphatic heterocycles. The maximum Gasteiger partial charge on any atom is 0.284 e. The number of unbranched alkanes of at least 4 members (excludes halogenated alkanes) is 4. The molecule has 0 atom stereocenters. The Labute approximate surface area is 138 Å². The van der Waals surface area contributed by atoms with Crippen molar-refractivity contribution in [1.29, 1.82) is 0 Å². The second-order valence-corrected chi connectivity index (χ2v) is 8.58. The largest absolute Gasteiger partial charge is 0.294 e. The standard InChI is InChI=1S/C14H19N3O4S2/c1-3-4-5-6-7-8-23(20,21)14-16-17-9-11(10(2)18)12(19)15-13(17)22-14/h9H,3-8H2,1-2H3. The van der Waals surface area contributed by atoms with Crippen LogP contribution >= 0.6 is 11.3 Å². The Kier molecular flexibility index (Phi) is 5.64. The molecule has 0 saturated heterocycles. The molecule has 0 spiro atoms. The lowest BCUT2D eigenvalue weighted by Crippen LogP contribution is -2.17. The number of carbonyl (C=O) groups excluding carboxylic acids is 1. The first-order valence-corrected chi connectivity index (χ1v) is 9.96. The molecule has 0 unspecified atom stereocenters. The Morgan fingerprint density at radius 1 is 1.26 bits per heavy atom. The van der Waals surface area contributed by atoms with Crippen molar-refractivity contribution in [2.75, 3.05) is 5.75 Å². The summed E-state index contributed by atoms with van der Waals surface area (Å²) in [5, 5.41) is 3.98. The van der Waals surface area contributed by atoms with Crippen LogP contribution in [0.1, 0.15) is 56.3 Å². The van der Waals surface area contributed by atoms with Gasteiger partial charge in [-0.15, -0.1) is 5.10 Å². The van der Waals surface area contributed by atoms with Crippen LogP contribution in [0.25, 0.3) is 4.96 Å². The van der Waals surface area contributed by atoms with Crippen LogP contribution < -0.4 is 5.56 Å². The number of ketones is 1. The number of hydrogen-bond acceptors (Lipinski definition) is 7. The highest BCUT2D eigenvalue weighted by molar-refractivity contribution is 7.93. The molecule has 0 amide bonds. The van der Waals surface area contributed by atoms with Gasteiger partial charge in [0.1, 0.15) is 5.56 Å². The van der Waals surface area contributed by atoms with E-state index in [4.69, 9.17) is 0 Å². The molecule has 2 aromatic rings. The average Bonchev–Trinajstić information content (AvgIpc) is 2.89. The van der Waals surface area contributed by atoms with Crippen molar-refractivity contribution in [2.45, 2.75) is 50.3 Å². The zero-order chi connectivity index (χ0) is 17.0. The lowest BCUT2D eigenvalue weighted by atomic mass is 10.2. The summed E-state index contributed by atoms with van der Waals surface area (Å²) in [6, 6.07) is 0. The van der Waals surface area contributed by atoms with Gasteiger partial charge in [0.25, 0.3) is 5.56 Å². The molecule has 0 fully saturated rings. The van der Waals surface area contributed by atoms with Gasteiger partial charge in [-0.1, -0.05) is 43.9 Å². The number of hydrogen-bond donors (Lipinski definition) is 0. The van der Waals surface area contributed by atoms with Crippen LogP contribution in [0.4, 0.5) is 0 Å². The van der Waals surface area contributed by atoms with Gasteiger partial charge in [-0.3, -0.25) is 9.59 Å². The Balaban J connectivity index is 2.22. The fraction of sp³-hybridized carbons (Fsp3) is 0.571. The van der Waals surface area contributed by atoms with Crippen molar-refractivity contribution in [3.05, 3.63) is 22.1 Å². The SMILES string of the molecule is CCCCCCCS(=O)(=O)c1nn2cc(C(C)=O)c(=O)nc2s1. The maximum absolute atomic E-state index is 12.3. The van der Waals surface area contributed by atoms with Gasteiger partial charge in [0, 0.05) is 6.20 Å². The molecule has 2 aromatic heterocycles. The van der Waals surface area contributed by atoms with E-state index in [1.54, 1.807) is 0 Å². The minimum atomic E-state index is -3.50. The van der Waals surface area contributed by atoms with Crippen molar-refractivity contribution in [2.24, 2.45) is 0 Å². The molecule has 0 aliphatic carbocycles. The molecule has 0 aliphatic rings. The number of carbonyl (C=O) groups is 1. The summed E-state index contributed by atoms with van der Waals surface area (Å²) in [6.07, 6.45) is 5.90. The molecule has 0 aromatic carbocycles. The van der Waals surface area contributed by atoms with Crippen LogP contribution in [0.15, 0.2) is 15.3 Å². The Hall–Kier alpha value is -1.61. The van der Waals surface area contributed by atoms with Crippen LogP contribution in [0.2, 0.25) is 0 Å². The number of aromatic nitrogens is 3. The zero-order valence-corrected chi connectivity index (χ0v) is 14.7. The van der Waals surface area contributed by atoms with Crippen molar-refractivity contribution in [3.8, 4) is 0 Å². The summed E-state index contributed by atoms with van der Waals surface area (Å²) >= 11 is 0.849. The van der Waals surface area contributed by atoms with E-state index in [9.17, 15) is 18.0 Å². The summed E-state index contributed by atoms with van der Waals surface area (Å²) in [5.74, 6) is -0.397. The van der Waals surface area contributed by atoms with Crippen molar-refractivity contribution in [3.63, 3.8) is 0 Å². The van der Waals surface area contributed by atoms with E-state index in [0.29, 0.717) is 6.42 Å². The summed E-state index contributed by atoms with van der Waals surface area (Å²) in [6.45, 7) is 3.35. The monoisotopic (exact) mass is 357 g/mol. The minimum absolute atomic E-state index is 0.0287. The smallest absolute Gasteiger partial charge is 0.284 e. The second kappa shape index (κ2) is 7.31. The molecule has 0 bridgehead atoms. The van der Waals surface area contributed by atoms with Gasteiger partial charge < -0.3 is 0 Å². The number of rotatable bonds is 8. The predicted molar refractivity (Wildman–Crippen MR) is 88.0 cm³/mol. The third-order valence-electron chi connectivity index (χ3n) is 3.40. The fourth-order valence-electron chi connectivity index (χ4n) is 2.11. The number of fused-ring (bicyclic) bond motifs is 1. The van der Waals surface area contributed by atoms with E-state index < -0.39 is 21.2 Å². The van der Waals surface area contributed by atoms with Gasteiger partial charge in [-0.2, -0.15) is 4.98 Å². The summed E-state index contributed by atoms with van der Waals surface area (Å²) in [4.78, 5) is 26.9. The van der Waals surface area contributed by atoms with E-state index in [1.165, 1.54) is 17.6 Å². The molecular weight excluding hydrogens is 338 g/mol. The minimum Gasteiger partial charge on any atom is -0.294 e. The first-order valence-electron chi connectivity index (χ1n) is 7.49. The zero-order valence-electron chi connectivity index (χ0n) is 13.1. The number of nitrogens with zero attached hydrogens (tertiary/aromatic N) is 3. The predicted octanol–water partition coefficient (Wildman–Crippen LogP) is 2.10. The molecule has 0 radical (unpaired) electrons. The van der Waals surface area contributed by atoms with E-state index in [0.717, 1.165) is 37.0 Å². The molecule has 7 nitrogen and oxygen atoms in total. The van der Waals surface area contributed by atoms with Crippen LogP contribution in [-0.2, 0) is 9.84 Å². The lowest BCUT2D eigenvalue weighted by Gasteiger charge is -2.00. The van der Waals surface area contributed by atoms with E-state index in [2.05, 4.69) is 17.0 Å². The molecule has 23 heavy (non-hydrogen) atoms. The van der Waals surface area contributed by atoms with Crippen LogP contribution in [0.3, 0.4) is 0 Å². The normalized spacial score (nSPS) is 11.9. The Morgan fingerprint density at radius 2 is 1.96 bits per heavy atom. The maximum atomic E-state index is 12.3. The highest BCUT2D eigenvalue weighted by Crippen LogP contribution is 2.20. The molecule has 126 valence electrons. The van der Waals surface area contributed by atoms with Gasteiger partial charge in [-0.25, -0.2) is 12.9 Å². The lowest BCUT2D eigenvalue weighted by molar-refractivity contribution is 0.101. The van der Waals surface area contributed by atoms with Crippen LogP contribution in [0, 0.1) is 0 Å². The van der Waals surface area contributed by atoms with Gasteiger partial charge >= 0.3 is 0 Å². The first kappa shape index (κ1) is 17.7. The second-order valence-electron chi connectivity index (χ2n) is 5.34. The quantitative estimate of drug-likeness (QED) is 0.530. The molecule has 2 rings (SSSR count). The number of Topliss-reactive ketones (excluding diaryl/α,β-unsaturated/α-hetero) is 1. The number of sulfone groups is 1. The first-order chi connectivity index (χ1) is 10.8. The summed E-state index contributed by atoms with van der Waals surface area (Å²) < 4.78 is 25.7. The Morgan fingerprint density at radius 3 is 2.61 bits per heavy atom. The summed E-state index contributed by atoms with van der Waals surface area (Å²) in [7, 11) is -3.50. The van der Waals surface area contributed by atoms with Crippen LogP contribution in [-0.4, -0.2) is 34.6 Å². The summed E-state index contributed by atoms with van der Waals surface area (Å²) in [5.41, 5.74) is -0.763. The molecule has 9 heteroatoms. The molecular formula is C14H19N3O4S2. The average molecular weight is 357 g/mol. The van der Waals surface area contributed by atoms with E-state index >= 15 is 0 Å². The third-order valence-corrected chi connectivity index (χ3v) is 6.57. The van der Waals surface area contributed by atoms with Gasteiger partial charge in [0.15, 0.2) is 5.78 Å². The van der Waals surface area contributed by atoms with Gasteiger partial charge in [-0.05, 0) is 13.3 Å². The Bertz CT molecular complexity index is 868. The highest BCUT2D eigenvalue weighted by Gasteiger charge is 2.21. The molecule has 0 N–H and O–H groups in total. The van der Waals surface area contributed by atoms with Crippen molar-refractivity contribution in [1.82, 2.24) is 14.6 Å². The highest BCUT2D eigenvalue weighted by atomic mass is 32.2. The topological polar surface area (TPSA) is 98.5 Å². The van der Waals surface area contributed by atoms with Crippen molar-refractivity contribution >= 4 is 31.9 Å². The van der Waals surface area contributed by atoms with E-state index in [1.807, 2.05) is 0 Å². The van der Waals surface area contributed by atoms with Gasteiger partial charge in [0.05, 0.1) is 5.75 Å². The molecule has 0 saturated carbocycles. The van der Waals surface area contributed by atoms with Crippen LogP contribution in [0.5, 0.6) is 0 Å². The van der Waals surface area contributed by atoms with Gasteiger partial charge in [0.2, 0.25) is 19.1 Å². The molecule has 2 heterocycles. The fourth-order valence-corrected chi connectivity index (χ4v) is 4.66. The van der Waals surface area contributed by atoms with Crippen molar-refractivity contribution < 1.29 is 13.2 Å².